The molecule has 0 fully saturated rings. The lowest BCUT2D eigenvalue weighted by Gasteiger charge is -2.07. The Kier molecular flexibility index (Phi) is 5.53. The van der Waals surface area contributed by atoms with E-state index in [0.717, 1.165) is 0 Å². The van der Waals surface area contributed by atoms with Gasteiger partial charge in [-0.3, -0.25) is 4.79 Å². The Bertz CT molecular complexity index is 125. The Hall–Kier alpha value is -0.710. The Balaban J connectivity index is 3.34. The quantitative estimate of drug-likeness (QED) is 0.641. The van der Waals surface area contributed by atoms with Gasteiger partial charge >= 0.3 is 0 Å². The van der Waals surface area contributed by atoms with E-state index in [1.165, 1.54) is 0 Å². The smallest absolute Gasteiger partial charge is 0.255 e. The van der Waals surface area contributed by atoms with Crippen LogP contribution in [0, 0.1) is 0 Å². The second-order valence-electron chi connectivity index (χ2n) is 2.73. The Morgan fingerprint density at radius 2 is 2.00 bits per heavy atom. The number of nitrogens with one attached hydrogen (secondary N) is 2. The first-order valence-electron chi connectivity index (χ1n) is 3.80. The van der Waals surface area contributed by atoms with Crippen LogP contribution in [0.1, 0.15) is 13.8 Å². The van der Waals surface area contributed by atoms with Crippen molar-refractivity contribution in [2.24, 2.45) is 0 Å². The van der Waals surface area contributed by atoms with E-state index in [0.29, 0.717) is 0 Å². The van der Waals surface area contributed by atoms with Crippen molar-refractivity contribution in [3.63, 3.8) is 0 Å². The number of amides is 1. The summed E-state index contributed by atoms with van der Waals surface area (Å²) >= 11 is 0. The number of halogens is 2. The van der Waals surface area contributed by atoms with Crippen LogP contribution in [0.3, 0.4) is 0 Å². The molecule has 0 heterocycles. The fraction of sp³-hybridized carbons (Fsp3) is 0.857. The highest BCUT2D eigenvalue weighted by molar-refractivity contribution is 5.77. The first kappa shape index (κ1) is 11.3. The van der Waals surface area contributed by atoms with Gasteiger partial charge in [0.05, 0.1) is 13.1 Å². The largest absolute Gasteiger partial charge is 0.349 e. The lowest BCUT2D eigenvalue weighted by Crippen LogP contribution is -2.38. The van der Waals surface area contributed by atoms with E-state index in [4.69, 9.17) is 0 Å². The third-order valence-electron chi connectivity index (χ3n) is 1.12. The Morgan fingerprint density at radius 3 is 2.42 bits per heavy atom. The average molecular weight is 180 g/mol. The third kappa shape index (κ3) is 7.40. The fourth-order valence-corrected chi connectivity index (χ4v) is 0.550. The molecule has 0 unspecified atom stereocenters. The van der Waals surface area contributed by atoms with Crippen molar-refractivity contribution in [2.45, 2.75) is 26.3 Å². The molecule has 12 heavy (non-hydrogen) atoms. The molecule has 0 aliphatic heterocycles. The maximum Gasteiger partial charge on any atom is 0.255 e. The van der Waals surface area contributed by atoms with Crippen molar-refractivity contribution < 1.29 is 13.6 Å². The molecule has 0 saturated heterocycles. The van der Waals surface area contributed by atoms with Crippen molar-refractivity contribution in [3.05, 3.63) is 0 Å². The number of hydrogen-bond acceptors (Lipinski definition) is 2. The van der Waals surface area contributed by atoms with E-state index >= 15 is 0 Å². The molecule has 0 rings (SSSR count). The van der Waals surface area contributed by atoms with Gasteiger partial charge in [0.25, 0.3) is 6.43 Å². The van der Waals surface area contributed by atoms with Gasteiger partial charge in [0, 0.05) is 6.04 Å². The molecule has 0 aliphatic rings. The van der Waals surface area contributed by atoms with Crippen LogP contribution in [0.15, 0.2) is 0 Å². The van der Waals surface area contributed by atoms with E-state index in [9.17, 15) is 13.6 Å². The highest BCUT2D eigenvalue weighted by atomic mass is 19.3. The lowest BCUT2D eigenvalue weighted by molar-refractivity contribution is -0.121. The minimum Gasteiger partial charge on any atom is -0.349 e. The van der Waals surface area contributed by atoms with E-state index in [2.05, 4.69) is 10.6 Å². The van der Waals surface area contributed by atoms with Crippen molar-refractivity contribution in [3.8, 4) is 0 Å². The molecule has 1 amide bonds. The molecule has 0 spiro atoms. The zero-order chi connectivity index (χ0) is 9.56. The molecule has 0 saturated carbocycles. The molecule has 72 valence electrons. The Labute approximate surface area is 70.5 Å². The van der Waals surface area contributed by atoms with E-state index < -0.39 is 18.9 Å². The number of carbonyl (C=O) groups is 1. The van der Waals surface area contributed by atoms with Crippen LogP contribution in [0.25, 0.3) is 0 Å². The molecule has 0 aromatic rings. The van der Waals surface area contributed by atoms with Crippen molar-refractivity contribution in [1.82, 2.24) is 10.6 Å². The van der Waals surface area contributed by atoms with Gasteiger partial charge in [-0.25, -0.2) is 8.78 Å². The molecule has 2 N–H and O–H groups in total. The summed E-state index contributed by atoms with van der Waals surface area (Å²) in [7, 11) is 0. The van der Waals surface area contributed by atoms with E-state index in [-0.39, 0.29) is 12.6 Å². The van der Waals surface area contributed by atoms with Crippen molar-refractivity contribution in [1.29, 1.82) is 0 Å². The molecule has 0 aliphatic carbocycles. The van der Waals surface area contributed by atoms with Gasteiger partial charge in [-0.05, 0) is 0 Å². The van der Waals surface area contributed by atoms with Crippen molar-refractivity contribution in [2.75, 3.05) is 13.1 Å². The zero-order valence-corrected chi connectivity index (χ0v) is 7.23. The van der Waals surface area contributed by atoms with Crippen LogP contribution in [0.4, 0.5) is 8.78 Å². The summed E-state index contributed by atoms with van der Waals surface area (Å²) in [5.41, 5.74) is 0. The summed E-state index contributed by atoms with van der Waals surface area (Å²) in [6.45, 7) is 3.27. The molecule has 0 radical (unpaired) electrons. The maximum atomic E-state index is 11.6. The minimum absolute atomic E-state index is 0.0877. The zero-order valence-electron chi connectivity index (χ0n) is 7.23. The second kappa shape index (κ2) is 5.88. The molecule has 0 atom stereocenters. The average Bonchev–Trinajstić information content (AvgIpc) is 1.96. The van der Waals surface area contributed by atoms with Gasteiger partial charge in [0.2, 0.25) is 5.91 Å². The topological polar surface area (TPSA) is 41.1 Å². The monoisotopic (exact) mass is 180 g/mol. The normalized spacial score (nSPS) is 10.8. The highest BCUT2D eigenvalue weighted by Crippen LogP contribution is 1.87. The molecule has 0 aromatic heterocycles. The summed E-state index contributed by atoms with van der Waals surface area (Å²) in [5, 5.41) is 4.90. The summed E-state index contributed by atoms with van der Waals surface area (Å²) in [6.07, 6.45) is -2.48. The van der Waals surface area contributed by atoms with Crippen LogP contribution in [0.2, 0.25) is 0 Å². The van der Waals surface area contributed by atoms with Crippen LogP contribution in [-0.2, 0) is 4.79 Å². The van der Waals surface area contributed by atoms with Crippen LogP contribution in [0.5, 0.6) is 0 Å². The van der Waals surface area contributed by atoms with Crippen LogP contribution in [-0.4, -0.2) is 31.5 Å². The van der Waals surface area contributed by atoms with Gasteiger partial charge in [-0.15, -0.1) is 0 Å². The van der Waals surface area contributed by atoms with Gasteiger partial charge < -0.3 is 10.6 Å². The number of rotatable bonds is 5. The SMILES string of the molecule is CC(C)NCC(=O)NCC(F)F. The van der Waals surface area contributed by atoms with Crippen molar-refractivity contribution >= 4 is 5.91 Å². The van der Waals surface area contributed by atoms with Gasteiger partial charge in [-0.2, -0.15) is 0 Å². The number of hydrogen-bond donors (Lipinski definition) is 2. The summed E-state index contributed by atoms with van der Waals surface area (Å²) in [6, 6.07) is 0.183. The summed E-state index contributed by atoms with van der Waals surface area (Å²) in [4.78, 5) is 10.7. The van der Waals surface area contributed by atoms with E-state index in [1.54, 1.807) is 0 Å². The molecular weight excluding hydrogens is 166 g/mol. The molecule has 0 aromatic carbocycles. The molecule has 5 heteroatoms. The lowest BCUT2D eigenvalue weighted by atomic mass is 10.4. The van der Waals surface area contributed by atoms with Gasteiger partial charge in [0.15, 0.2) is 0 Å². The van der Waals surface area contributed by atoms with E-state index in [1.807, 2.05) is 13.8 Å². The molecule has 0 bridgehead atoms. The highest BCUT2D eigenvalue weighted by Gasteiger charge is 2.05. The fourth-order valence-electron chi connectivity index (χ4n) is 0.550. The summed E-state index contributed by atoms with van der Waals surface area (Å²) in [5.74, 6) is -0.399. The standard InChI is InChI=1S/C7H14F2N2O/c1-5(2)10-4-7(12)11-3-6(8)9/h5-6,10H,3-4H2,1-2H3,(H,11,12). The maximum absolute atomic E-state index is 11.6. The summed E-state index contributed by atoms with van der Waals surface area (Å²) < 4.78 is 23.1. The Morgan fingerprint density at radius 1 is 1.42 bits per heavy atom. The minimum atomic E-state index is -2.48. The number of carbonyl (C=O) groups excluding carboxylic acids is 1. The van der Waals surface area contributed by atoms with Gasteiger partial charge in [-0.1, -0.05) is 13.8 Å². The predicted octanol–water partition coefficient (Wildman–Crippen LogP) is 0.366. The third-order valence-corrected chi connectivity index (χ3v) is 1.12. The predicted molar refractivity (Wildman–Crippen MR) is 42.2 cm³/mol. The number of alkyl halides is 2. The second-order valence-corrected chi connectivity index (χ2v) is 2.73. The first-order chi connectivity index (χ1) is 5.52. The molecule has 3 nitrogen and oxygen atoms in total. The molecular formula is C7H14F2N2O. The van der Waals surface area contributed by atoms with Crippen LogP contribution >= 0.6 is 0 Å². The first-order valence-corrected chi connectivity index (χ1v) is 3.80. The van der Waals surface area contributed by atoms with Gasteiger partial charge in [0.1, 0.15) is 0 Å². The van der Waals surface area contributed by atoms with Crippen LogP contribution < -0.4 is 10.6 Å².